The molecule has 0 spiro atoms. The number of anilines is 1. The zero-order valence-corrected chi connectivity index (χ0v) is 16.6. The van der Waals surface area contributed by atoms with Crippen molar-refractivity contribution in [3.05, 3.63) is 56.3 Å². The zero-order valence-electron chi connectivity index (χ0n) is 15.8. The van der Waals surface area contributed by atoms with Crippen LogP contribution in [0.2, 0.25) is 0 Å². The quantitative estimate of drug-likeness (QED) is 0.576. The molecule has 2 aromatic heterocycles. The maximum atomic E-state index is 13.1. The molecule has 0 aliphatic heterocycles. The molecule has 0 radical (unpaired) electrons. The molecule has 2 heterocycles. The smallest absolute Gasteiger partial charge is 0.417 e. The van der Waals surface area contributed by atoms with Crippen molar-refractivity contribution in [1.29, 1.82) is 0 Å². The lowest BCUT2D eigenvalue weighted by Crippen LogP contribution is -2.22. The summed E-state index contributed by atoms with van der Waals surface area (Å²) in [5.74, 6) is -1.16. The molecule has 11 heteroatoms. The highest BCUT2D eigenvalue weighted by molar-refractivity contribution is 7.17. The van der Waals surface area contributed by atoms with E-state index in [-0.39, 0.29) is 16.7 Å². The lowest BCUT2D eigenvalue weighted by atomic mass is 10.1. The molecule has 0 saturated heterocycles. The number of benzene rings is 1. The minimum atomic E-state index is -4.73. The third-order valence-corrected chi connectivity index (χ3v) is 6.02. The van der Waals surface area contributed by atoms with E-state index in [0.717, 1.165) is 41.8 Å². The van der Waals surface area contributed by atoms with Crippen LogP contribution in [0, 0.1) is 0 Å². The number of halogens is 3. The molecule has 0 fully saturated rings. The van der Waals surface area contributed by atoms with Gasteiger partial charge in [-0.05, 0) is 37.0 Å². The van der Waals surface area contributed by atoms with E-state index in [1.807, 2.05) is 0 Å². The minimum absolute atomic E-state index is 0.0360. The second kappa shape index (κ2) is 7.73. The van der Waals surface area contributed by atoms with E-state index >= 15 is 0 Å². The molecule has 2 amide bonds. The second-order valence-corrected chi connectivity index (χ2v) is 8.00. The molecule has 0 unspecified atom stereocenters. The first-order valence-electron chi connectivity index (χ1n) is 9.15. The first-order chi connectivity index (χ1) is 14.6. The number of primary amides is 1. The third-order valence-electron chi connectivity index (χ3n) is 4.81. The average Bonchev–Trinajstić information content (AvgIpc) is 3.25. The van der Waals surface area contributed by atoms with Gasteiger partial charge in [-0.2, -0.15) is 13.2 Å². The van der Waals surface area contributed by atoms with E-state index in [0.29, 0.717) is 16.6 Å². The van der Waals surface area contributed by atoms with Crippen LogP contribution in [0.5, 0.6) is 5.75 Å². The van der Waals surface area contributed by atoms with Crippen LogP contribution in [0.4, 0.5) is 18.2 Å². The zero-order chi connectivity index (χ0) is 22.3. The Labute approximate surface area is 176 Å². The van der Waals surface area contributed by atoms with Crippen molar-refractivity contribution in [3.8, 4) is 5.75 Å². The maximum Gasteiger partial charge on any atom is 0.417 e. The highest BCUT2D eigenvalue weighted by Crippen LogP contribution is 2.39. The van der Waals surface area contributed by atoms with E-state index in [4.69, 9.17) is 14.9 Å². The summed E-state index contributed by atoms with van der Waals surface area (Å²) in [6.07, 6.45) is -2.27. The monoisotopic (exact) mass is 452 g/mol. The van der Waals surface area contributed by atoms with Crippen molar-refractivity contribution in [2.75, 3.05) is 11.9 Å². The molecular formula is C20H15F3N2O5S. The van der Waals surface area contributed by atoms with Crippen molar-refractivity contribution in [3.63, 3.8) is 0 Å². The Bertz CT molecular complexity index is 1260. The largest absolute Gasteiger partial charge is 0.484 e. The van der Waals surface area contributed by atoms with Crippen molar-refractivity contribution >= 4 is 39.1 Å². The Morgan fingerprint density at radius 2 is 2.00 bits per heavy atom. The summed E-state index contributed by atoms with van der Waals surface area (Å²) < 4.78 is 49.5. The first-order valence-corrected chi connectivity index (χ1v) is 9.97. The van der Waals surface area contributed by atoms with Crippen molar-refractivity contribution < 1.29 is 31.9 Å². The summed E-state index contributed by atoms with van der Waals surface area (Å²) in [6.45, 7) is -0.477. The Balaban J connectivity index is 1.50. The molecule has 7 nitrogen and oxygen atoms in total. The molecule has 0 saturated carbocycles. The molecule has 1 aliphatic carbocycles. The number of rotatable bonds is 5. The number of carbonyl (C=O) groups is 2. The fourth-order valence-electron chi connectivity index (χ4n) is 3.53. The lowest BCUT2D eigenvalue weighted by molar-refractivity contribution is -0.136. The van der Waals surface area contributed by atoms with Crippen LogP contribution in [0.3, 0.4) is 0 Å². The van der Waals surface area contributed by atoms with Crippen molar-refractivity contribution in [2.24, 2.45) is 5.73 Å². The molecule has 162 valence electrons. The number of carbonyl (C=O) groups excluding carboxylic acids is 2. The molecule has 4 rings (SSSR count). The standard InChI is InChI=1S/C20H15F3N2O5S/c21-20(22,23)12-7-16(27)30-13-6-9(4-5-10(12)13)29-8-15(26)25-19-17(18(24)28)11-2-1-3-14(11)31-19/h4-7H,1-3,8H2,(H2,24,28)(H,25,26). The average molecular weight is 452 g/mol. The number of hydrogen-bond acceptors (Lipinski definition) is 6. The van der Waals surface area contributed by atoms with Gasteiger partial charge < -0.3 is 20.2 Å². The summed E-state index contributed by atoms with van der Waals surface area (Å²) in [4.78, 5) is 36.5. The van der Waals surface area contributed by atoms with E-state index in [2.05, 4.69) is 5.32 Å². The topological polar surface area (TPSA) is 112 Å². The van der Waals surface area contributed by atoms with Crippen LogP contribution in [-0.4, -0.2) is 18.4 Å². The number of thiophene rings is 1. The summed E-state index contributed by atoms with van der Waals surface area (Å²) in [5.41, 5.74) is 4.03. The molecule has 31 heavy (non-hydrogen) atoms. The highest BCUT2D eigenvalue weighted by Gasteiger charge is 2.34. The first kappa shape index (κ1) is 20.9. The van der Waals surface area contributed by atoms with Crippen LogP contribution in [0.15, 0.2) is 33.5 Å². The van der Waals surface area contributed by atoms with Gasteiger partial charge in [0.25, 0.3) is 11.8 Å². The fraction of sp³-hybridized carbons (Fsp3) is 0.250. The van der Waals surface area contributed by atoms with Gasteiger partial charge in [0, 0.05) is 22.4 Å². The van der Waals surface area contributed by atoms with E-state index in [9.17, 15) is 27.6 Å². The van der Waals surface area contributed by atoms with Gasteiger partial charge >= 0.3 is 11.8 Å². The number of ether oxygens (including phenoxy) is 1. The van der Waals surface area contributed by atoms with Crippen molar-refractivity contribution in [1.82, 2.24) is 0 Å². The summed E-state index contributed by atoms with van der Waals surface area (Å²) in [6, 6.07) is 3.82. The number of hydrogen-bond donors (Lipinski definition) is 2. The van der Waals surface area contributed by atoms with Gasteiger partial charge in [-0.3, -0.25) is 9.59 Å². The minimum Gasteiger partial charge on any atom is -0.484 e. The highest BCUT2D eigenvalue weighted by atomic mass is 32.1. The van der Waals surface area contributed by atoms with E-state index < -0.39 is 35.8 Å². The van der Waals surface area contributed by atoms with E-state index in [1.165, 1.54) is 17.4 Å². The molecule has 0 atom stereocenters. The van der Waals surface area contributed by atoms with Gasteiger partial charge in [0.1, 0.15) is 16.3 Å². The van der Waals surface area contributed by atoms with E-state index in [1.54, 1.807) is 0 Å². The van der Waals surface area contributed by atoms with Gasteiger partial charge in [0.2, 0.25) is 0 Å². The number of amides is 2. The van der Waals surface area contributed by atoms with Gasteiger partial charge in [-0.1, -0.05) is 0 Å². The van der Waals surface area contributed by atoms with Crippen molar-refractivity contribution in [2.45, 2.75) is 25.4 Å². The normalized spacial score (nSPS) is 13.3. The molecule has 1 aromatic carbocycles. The predicted molar refractivity (Wildman–Crippen MR) is 106 cm³/mol. The Hall–Kier alpha value is -3.34. The van der Waals surface area contributed by atoms with Gasteiger partial charge in [-0.15, -0.1) is 11.3 Å². The number of nitrogens with two attached hydrogens (primary N) is 1. The Morgan fingerprint density at radius 1 is 1.23 bits per heavy atom. The predicted octanol–water partition coefficient (Wildman–Crippen LogP) is 3.48. The van der Waals surface area contributed by atoms with Crippen LogP contribution < -0.4 is 21.4 Å². The number of alkyl halides is 3. The van der Waals surface area contributed by atoms with Gasteiger partial charge in [0.15, 0.2) is 6.61 Å². The molecule has 3 aromatic rings. The summed E-state index contributed by atoms with van der Waals surface area (Å²) in [7, 11) is 0. The van der Waals surface area contributed by atoms with Crippen LogP contribution in [0.25, 0.3) is 11.0 Å². The lowest BCUT2D eigenvalue weighted by Gasteiger charge is -2.11. The van der Waals surface area contributed by atoms with Gasteiger partial charge in [-0.25, -0.2) is 4.79 Å². The summed E-state index contributed by atoms with van der Waals surface area (Å²) in [5, 5.41) is 2.65. The fourth-order valence-corrected chi connectivity index (χ4v) is 4.84. The Morgan fingerprint density at radius 3 is 2.71 bits per heavy atom. The van der Waals surface area contributed by atoms with Crippen LogP contribution in [-0.2, 0) is 23.8 Å². The molecule has 0 bridgehead atoms. The molecule has 3 N–H and O–H groups in total. The second-order valence-electron chi connectivity index (χ2n) is 6.90. The maximum absolute atomic E-state index is 13.1. The third kappa shape index (κ3) is 4.13. The molecule has 1 aliphatic rings. The van der Waals surface area contributed by atoms with Gasteiger partial charge in [0.05, 0.1) is 11.1 Å². The SMILES string of the molecule is NC(=O)c1c(NC(=O)COc2ccc3c(C(F)(F)F)cc(=O)oc3c2)sc2c1CCC2. The van der Waals surface area contributed by atoms with Crippen LogP contribution >= 0.6 is 11.3 Å². The number of aryl methyl sites for hydroxylation is 1. The van der Waals surface area contributed by atoms with Crippen LogP contribution in [0.1, 0.15) is 32.8 Å². The number of fused-ring (bicyclic) bond motifs is 2. The Kier molecular flexibility index (Phi) is 5.21. The number of nitrogens with one attached hydrogen (secondary N) is 1. The summed E-state index contributed by atoms with van der Waals surface area (Å²) >= 11 is 1.29. The molecular weight excluding hydrogens is 437 g/mol.